The Bertz CT molecular complexity index is 815. The van der Waals surface area contributed by atoms with E-state index in [1.54, 1.807) is 36.4 Å². The van der Waals surface area contributed by atoms with Gasteiger partial charge in [0.25, 0.3) is 11.8 Å². The summed E-state index contributed by atoms with van der Waals surface area (Å²) in [5.41, 5.74) is 1.56. The van der Waals surface area contributed by atoms with Crippen molar-refractivity contribution in [2.75, 3.05) is 32.0 Å². The molecule has 0 spiro atoms. The number of benzene rings is 2. The van der Waals surface area contributed by atoms with Crippen LogP contribution in [0.25, 0.3) is 0 Å². The monoisotopic (exact) mass is 399 g/mol. The van der Waals surface area contributed by atoms with E-state index in [1.165, 1.54) is 0 Å². The SMILES string of the molecule is CNCCC1CCN(C(=O)c2ccccc2NC(=O)c2ccc(Cl)cc2)CC1. The highest BCUT2D eigenvalue weighted by Crippen LogP contribution is 2.24. The van der Waals surface area contributed by atoms with Gasteiger partial charge < -0.3 is 15.5 Å². The number of piperidine rings is 1. The van der Waals surface area contributed by atoms with Crippen LogP contribution >= 0.6 is 11.6 Å². The predicted octanol–water partition coefficient (Wildman–Crippen LogP) is 4.05. The summed E-state index contributed by atoms with van der Waals surface area (Å²) in [5.74, 6) is 0.373. The Kier molecular flexibility index (Phi) is 7.06. The zero-order valence-corrected chi connectivity index (χ0v) is 16.8. The van der Waals surface area contributed by atoms with Crippen LogP contribution in [0.15, 0.2) is 48.5 Å². The maximum atomic E-state index is 13.0. The average Bonchev–Trinajstić information content (AvgIpc) is 2.73. The Morgan fingerprint density at radius 1 is 1.07 bits per heavy atom. The quantitative estimate of drug-likeness (QED) is 0.770. The van der Waals surface area contributed by atoms with E-state index >= 15 is 0 Å². The van der Waals surface area contributed by atoms with Crippen LogP contribution in [-0.2, 0) is 0 Å². The van der Waals surface area contributed by atoms with E-state index in [0.29, 0.717) is 27.8 Å². The largest absolute Gasteiger partial charge is 0.339 e. The molecule has 2 aromatic carbocycles. The first-order valence-corrected chi connectivity index (χ1v) is 10.1. The topological polar surface area (TPSA) is 61.4 Å². The lowest BCUT2D eigenvalue weighted by Crippen LogP contribution is -2.39. The Balaban J connectivity index is 1.67. The second-order valence-corrected chi connectivity index (χ2v) is 7.57. The highest BCUT2D eigenvalue weighted by Gasteiger charge is 2.25. The molecule has 28 heavy (non-hydrogen) atoms. The van der Waals surface area contributed by atoms with Crippen LogP contribution in [0, 0.1) is 5.92 Å². The van der Waals surface area contributed by atoms with Gasteiger partial charge in [-0.25, -0.2) is 0 Å². The molecule has 3 rings (SSSR count). The summed E-state index contributed by atoms with van der Waals surface area (Å²) in [5, 5.41) is 6.63. The molecule has 6 heteroatoms. The van der Waals surface area contributed by atoms with Crippen molar-refractivity contribution in [1.29, 1.82) is 0 Å². The van der Waals surface area contributed by atoms with E-state index in [0.717, 1.165) is 38.9 Å². The molecule has 1 aliphatic heterocycles. The minimum atomic E-state index is -0.261. The van der Waals surface area contributed by atoms with Gasteiger partial charge in [-0.15, -0.1) is 0 Å². The number of halogens is 1. The maximum Gasteiger partial charge on any atom is 0.255 e. The second-order valence-electron chi connectivity index (χ2n) is 7.13. The van der Waals surface area contributed by atoms with Gasteiger partial charge in [-0.1, -0.05) is 23.7 Å². The molecule has 0 saturated carbocycles. The smallest absolute Gasteiger partial charge is 0.255 e. The molecule has 0 aromatic heterocycles. The van der Waals surface area contributed by atoms with Gasteiger partial charge in [-0.2, -0.15) is 0 Å². The first kappa shape index (κ1) is 20.4. The first-order chi connectivity index (χ1) is 13.6. The van der Waals surface area contributed by atoms with E-state index < -0.39 is 0 Å². The molecule has 5 nitrogen and oxygen atoms in total. The summed E-state index contributed by atoms with van der Waals surface area (Å²) in [6, 6.07) is 13.9. The van der Waals surface area contributed by atoms with Crippen molar-refractivity contribution in [1.82, 2.24) is 10.2 Å². The van der Waals surface area contributed by atoms with Crippen molar-refractivity contribution < 1.29 is 9.59 Å². The van der Waals surface area contributed by atoms with E-state index in [-0.39, 0.29) is 11.8 Å². The molecule has 2 amide bonds. The van der Waals surface area contributed by atoms with E-state index in [4.69, 9.17) is 11.6 Å². The summed E-state index contributed by atoms with van der Waals surface area (Å²) in [6.45, 7) is 2.53. The molecule has 2 aromatic rings. The van der Waals surface area contributed by atoms with Crippen molar-refractivity contribution in [3.8, 4) is 0 Å². The summed E-state index contributed by atoms with van der Waals surface area (Å²) >= 11 is 5.88. The number of carbonyl (C=O) groups is 2. The molecule has 1 saturated heterocycles. The Morgan fingerprint density at radius 3 is 2.43 bits per heavy atom. The van der Waals surface area contributed by atoms with Crippen LogP contribution < -0.4 is 10.6 Å². The molecule has 0 unspecified atom stereocenters. The number of rotatable bonds is 6. The number of nitrogens with zero attached hydrogens (tertiary/aromatic N) is 1. The standard InChI is InChI=1S/C22H26ClN3O2/c1-24-13-10-16-11-14-26(15-12-16)22(28)19-4-2-3-5-20(19)25-21(27)17-6-8-18(23)9-7-17/h2-9,16,24H,10-15H2,1H3,(H,25,27). The summed E-state index contributed by atoms with van der Waals surface area (Å²) in [4.78, 5) is 27.5. The van der Waals surface area contributed by atoms with Gasteiger partial charge in [0.1, 0.15) is 0 Å². The maximum absolute atomic E-state index is 13.0. The molecule has 0 bridgehead atoms. The fraction of sp³-hybridized carbons (Fsp3) is 0.364. The lowest BCUT2D eigenvalue weighted by molar-refractivity contribution is 0.0688. The lowest BCUT2D eigenvalue weighted by atomic mass is 9.93. The van der Waals surface area contributed by atoms with Gasteiger partial charge in [0.05, 0.1) is 11.3 Å². The van der Waals surface area contributed by atoms with Crippen molar-refractivity contribution in [3.63, 3.8) is 0 Å². The van der Waals surface area contributed by atoms with Crippen molar-refractivity contribution in [2.45, 2.75) is 19.3 Å². The fourth-order valence-electron chi connectivity index (χ4n) is 3.52. The van der Waals surface area contributed by atoms with Crippen LogP contribution in [0.1, 0.15) is 40.0 Å². The molecule has 148 valence electrons. The fourth-order valence-corrected chi connectivity index (χ4v) is 3.64. The Labute approximate surface area is 171 Å². The number of likely N-dealkylation sites (tertiary alicyclic amines) is 1. The number of amides is 2. The number of carbonyl (C=O) groups excluding carboxylic acids is 2. The summed E-state index contributed by atoms with van der Waals surface area (Å²) in [6.07, 6.45) is 3.19. The van der Waals surface area contributed by atoms with Crippen LogP contribution in [0.4, 0.5) is 5.69 Å². The molecular formula is C22H26ClN3O2. The third-order valence-electron chi connectivity index (χ3n) is 5.22. The van der Waals surface area contributed by atoms with Gasteiger partial charge in [0, 0.05) is 23.7 Å². The minimum Gasteiger partial charge on any atom is -0.339 e. The minimum absolute atomic E-state index is 0.0286. The van der Waals surface area contributed by atoms with Crippen LogP contribution in [0.2, 0.25) is 5.02 Å². The van der Waals surface area contributed by atoms with Gasteiger partial charge in [0.2, 0.25) is 0 Å². The van der Waals surface area contributed by atoms with Crippen LogP contribution in [-0.4, -0.2) is 43.4 Å². The van der Waals surface area contributed by atoms with Gasteiger partial charge >= 0.3 is 0 Å². The highest BCUT2D eigenvalue weighted by atomic mass is 35.5. The average molecular weight is 400 g/mol. The Morgan fingerprint density at radius 2 is 1.75 bits per heavy atom. The molecule has 0 atom stereocenters. The molecule has 1 fully saturated rings. The number of nitrogens with one attached hydrogen (secondary N) is 2. The van der Waals surface area contributed by atoms with Crippen LogP contribution in [0.3, 0.4) is 0 Å². The molecule has 1 aliphatic rings. The summed E-state index contributed by atoms with van der Waals surface area (Å²) in [7, 11) is 1.97. The predicted molar refractivity (Wildman–Crippen MR) is 113 cm³/mol. The first-order valence-electron chi connectivity index (χ1n) is 9.68. The molecule has 0 aliphatic carbocycles. The number of hydrogen-bond donors (Lipinski definition) is 2. The third-order valence-corrected chi connectivity index (χ3v) is 5.47. The molecular weight excluding hydrogens is 374 g/mol. The van der Waals surface area contributed by atoms with Gasteiger partial charge in [-0.3, -0.25) is 9.59 Å². The zero-order chi connectivity index (χ0) is 19.9. The molecule has 2 N–H and O–H groups in total. The van der Waals surface area contributed by atoms with Crippen molar-refractivity contribution in [3.05, 3.63) is 64.7 Å². The van der Waals surface area contributed by atoms with Crippen molar-refractivity contribution in [2.24, 2.45) is 5.92 Å². The number of hydrogen-bond acceptors (Lipinski definition) is 3. The van der Waals surface area contributed by atoms with Crippen molar-refractivity contribution >= 4 is 29.1 Å². The van der Waals surface area contributed by atoms with Crippen LogP contribution in [0.5, 0.6) is 0 Å². The van der Waals surface area contributed by atoms with E-state index in [1.807, 2.05) is 24.1 Å². The lowest BCUT2D eigenvalue weighted by Gasteiger charge is -2.32. The second kappa shape index (κ2) is 9.71. The zero-order valence-electron chi connectivity index (χ0n) is 16.1. The molecule has 1 heterocycles. The van der Waals surface area contributed by atoms with E-state index in [9.17, 15) is 9.59 Å². The summed E-state index contributed by atoms with van der Waals surface area (Å²) < 4.78 is 0. The highest BCUT2D eigenvalue weighted by molar-refractivity contribution is 6.30. The van der Waals surface area contributed by atoms with E-state index in [2.05, 4.69) is 10.6 Å². The number of para-hydroxylation sites is 1. The normalized spacial score (nSPS) is 14.7. The third kappa shape index (κ3) is 5.12. The number of anilines is 1. The Hall–Kier alpha value is -2.37. The molecule has 0 radical (unpaired) electrons. The van der Waals surface area contributed by atoms with Gasteiger partial charge in [-0.05, 0) is 75.2 Å². The van der Waals surface area contributed by atoms with Gasteiger partial charge in [0.15, 0.2) is 0 Å².